The number of anilines is 1. The van der Waals surface area contributed by atoms with Crippen LogP contribution in [-0.4, -0.2) is 9.55 Å². The van der Waals surface area contributed by atoms with Crippen molar-refractivity contribution in [3.8, 4) is 0 Å². The molecule has 0 aliphatic rings. The molecule has 1 aromatic heterocycles. The highest BCUT2D eigenvalue weighted by atomic mass is 16.1. The Morgan fingerprint density at radius 2 is 2.11 bits per heavy atom. The van der Waals surface area contributed by atoms with Crippen LogP contribution in [0.15, 0.2) is 41.5 Å². The number of hydrogen-bond acceptors (Lipinski definition) is 3. The van der Waals surface area contributed by atoms with Gasteiger partial charge in [-0.2, -0.15) is 0 Å². The minimum absolute atomic E-state index is 0.0501. The maximum atomic E-state index is 12.1. The van der Waals surface area contributed by atoms with Crippen molar-refractivity contribution in [2.45, 2.75) is 33.4 Å². The fourth-order valence-electron chi connectivity index (χ4n) is 2.15. The topological polar surface area (TPSA) is 46.9 Å². The third kappa shape index (κ3) is 2.84. The summed E-state index contributed by atoms with van der Waals surface area (Å²) in [6.45, 7) is 6.69. The van der Waals surface area contributed by atoms with Crippen molar-refractivity contribution in [1.82, 2.24) is 9.55 Å². The molecule has 0 aliphatic heterocycles. The molecule has 4 nitrogen and oxygen atoms in total. The number of nitrogens with one attached hydrogen (secondary N) is 1. The lowest BCUT2D eigenvalue weighted by atomic mass is 10.0. The molecule has 4 heteroatoms. The third-order valence-corrected chi connectivity index (χ3v) is 3.26. The number of hydrogen-bond donors (Lipinski definition) is 1. The quantitative estimate of drug-likeness (QED) is 0.916. The lowest BCUT2D eigenvalue weighted by Gasteiger charge is -2.17. The van der Waals surface area contributed by atoms with Gasteiger partial charge >= 0.3 is 0 Å². The molecule has 1 atom stereocenters. The zero-order valence-electron chi connectivity index (χ0n) is 11.6. The van der Waals surface area contributed by atoms with Gasteiger partial charge in [0.1, 0.15) is 0 Å². The molecule has 0 radical (unpaired) electrons. The van der Waals surface area contributed by atoms with E-state index in [4.69, 9.17) is 0 Å². The fourth-order valence-corrected chi connectivity index (χ4v) is 2.15. The molecule has 0 bridgehead atoms. The largest absolute Gasteiger partial charge is 0.359 e. The summed E-state index contributed by atoms with van der Waals surface area (Å²) in [5, 5.41) is 3.20. The van der Waals surface area contributed by atoms with Gasteiger partial charge in [0.25, 0.3) is 5.56 Å². The standard InChI is InChI=1S/C15H19N3O/c1-4-18-10-9-16-14(15(18)19)17-12(3)13-8-6-5-7-11(13)2/h5-10,12H,4H2,1-3H3,(H,16,17). The van der Waals surface area contributed by atoms with Crippen LogP contribution in [0.3, 0.4) is 0 Å². The normalized spacial score (nSPS) is 12.2. The zero-order valence-corrected chi connectivity index (χ0v) is 11.6. The maximum absolute atomic E-state index is 12.1. The minimum Gasteiger partial charge on any atom is -0.359 e. The molecule has 1 heterocycles. The van der Waals surface area contributed by atoms with Crippen LogP contribution >= 0.6 is 0 Å². The van der Waals surface area contributed by atoms with E-state index in [-0.39, 0.29) is 11.6 Å². The lowest BCUT2D eigenvalue weighted by molar-refractivity contribution is 0.714. The number of benzene rings is 1. The van der Waals surface area contributed by atoms with Crippen LogP contribution in [-0.2, 0) is 6.54 Å². The average molecular weight is 257 g/mol. The van der Waals surface area contributed by atoms with Crippen LogP contribution in [0.4, 0.5) is 5.82 Å². The van der Waals surface area contributed by atoms with E-state index in [2.05, 4.69) is 29.4 Å². The summed E-state index contributed by atoms with van der Waals surface area (Å²) in [7, 11) is 0. The van der Waals surface area contributed by atoms with E-state index in [0.29, 0.717) is 12.4 Å². The van der Waals surface area contributed by atoms with Gasteiger partial charge in [-0.05, 0) is 31.9 Å². The van der Waals surface area contributed by atoms with E-state index >= 15 is 0 Å². The van der Waals surface area contributed by atoms with Crippen LogP contribution in [0.1, 0.15) is 31.0 Å². The summed E-state index contributed by atoms with van der Waals surface area (Å²) in [5.41, 5.74) is 2.30. The second-order valence-electron chi connectivity index (χ2n) is 4.59. The Balaban J connectivity index is 2.27. The van der Waals surface area contributed by atoms with Gasteiger partial charge < -0.3 is 9.88 Å². The summed E-state index contributed by atoms with van der Waals surface area (Å²) in [6.07, 6.45) is 3.35. The maximum Gasteiger partial charge on any atom is 0.293 e. The van der Waals surface area contributed by atoms with E-state index < -0.39 is 0 Å². The van der Waals surface area contributed by atoms with Gasteiger partial charge in [-0.15, -0.1) is 0 Å². The van der Waals surface area contributed by atoms with Gasteiger partial charge in [0, 0.05) is 18.9 Å². The second kappa shape index (κ2) is 5.69. The molecule has 0 spiro atoms. The van der Waals surface area contributed by atoms with Crippen molar-refractivity contribution in [2.75, 3.05) is 5.32 Å². The van der Waals surface area contributed by atoms with Gasteiger partial charge in [0.05, 0.1) is 6.04 Å². The molecular formula is C15H19N3O. The monoisotopic (exact) mass is 257 g/mol. The molecule has 100 valence electrons. The highest BCUT2D eigenvalue weighted by molar-refractivity contribution is 5.38. The molecule has 2 aromatic rings. The summed E-state index contributed by atoms with van der Waals surface area (Å²) in [4.78, 5) is 16.2. The summed E-state index contributed by atoms with van der Waals surface area (Å²) in [5.74, 6) is 0.403. The number of aromatic nitrogens is 2. The van der Waals surface area contributed by atoms with Crippen LogP contribution in [0.2, 0.25) is 0 Å². The van der Waals surface area contributed by atoms with Gasteiger partial charge in [-0.3, -0.25) is 4.79 Å². The van der Waals surface area contributed by atoms with E-state index in [1.807, 2.05) is 26.0 Å². The predicted molar refractivity (Wildman–Crippen MR) is 77.4 cm³/mol. The van der Waals surface area contributed by atoms with Gasteiger partial charge in [0.2, 0.25) is 0 Å². The van der Waals surface area contributed by atoms with Crippen molar-refractivity contribution in [3.63, 3.8) is 0 Å². The van der Waals surface area contributed by atoms with Crippen LogP contribution < -0.4 is 10.9 Å². The van der Waals surface area contributed by atoms with Crippen molar-refractivity contribution < 1.29 is 0 Å². The Bertz CT molecular complexity index is 619. The predicted octanol–water partition coefficient (Wildman–Crippen LogP) is 2.74. The first-order chi connectivity index (χ1) is 9.13. The molecule has 0 saturated heterocycles. The average Bonchev–Trinajstić information content (AvgIpc) is 2.41. The fraction of sp³-hybridized carbons (Fsp3) is 0.333. The number of aryl methyl sites for hydroxylation is 2. The Morgan fingerprint density at radius 3 is 2.79 bits per heavy atom. The first kappa shape index (κ1) is 13.3. The minimum atomic E-state index is -0.0783. The summed E-state index contributed by atoms with van der Waals surface area (Å²) < 4.78 is 1.64. The summed E-state index contributed by atoms with van der Waals surface area (Å²) >= 11 is 0. The third-order valence-electron chi connectivity index (χ3n) is 3.26. The Hall–Kier alpha value is -2.10. The molecule has 0 amide bonds. The molecule has 2 rings (SSSR count). The van der Waals surface area contributed by atoms with E-state index in [1.54, 1.807) is 17.0 Å². The highest BCUT2D eigenvalue weighted by Crippen LogP contribution is 2.19. The molecule has 19 heavy (non-hydrogen) atoms. The van der Waals surface area contributed by atoms with E-state index in [0.717, 1.165) is 0 Å². The van der Waals surface area contributed by atoms with Crippen LogP contribution in [0.5, 0.6) is 0 Å². The molecule has 1 unspecified atom stereocenters. The Kier molecular flexibility index (Phi) is 4.00. The number of nitrogens with zero attached hydrogens (tertiary/aromatic N) is 2. The SMILES string of the molecule is CCn1ccnc(NC(C)c2ccccc2C)c1=O. The van der Waals surface area contributed by atoms with E-state index in [1.165, 1.54) is 11.1 Å². The Morgan fingerprint density at radius 1 is 1.37 bits per heavy atom. The van der Waals surface area contributed by atoms with Gasteiger partial charge in [-0.1, -0.05) is 24.3 Å². The van der Waals surface area contributed by atoms with Gasteiger partial charge in [-0.25, -0.2) is 4.98 Å². The van der Waals surface area contributed by atoms with Crippen LogP contribution in [0, 0.1) is 6.92 Å². The lowest BCUT2D eigenvalue weighted by Crippen LogP contribution is -2.25. The number of rotatable bonds is 4. The highest BCUT2D eigenvalue weighted by Gasteiger charge is 2.11. The first-order valence-electron chi connectivity index (χ1n) is 6.51. The van der Waals surface area contributed by atoms with Crippen molar-refractivity contribution >= 4 is 5.82 Å². The smallest absolute Gasteiger partial charge is 0.293 e. The molecular weight excluding hydrogens is 238 g/mol. The summed E-state index contributed by atoms with van der Waals surface area (Å²) in [6, 6.07) is 8.19. The van der Waals surface area contributed by atoms with Gasteiger partial charge in [0.15, 0.2) is 5.82 Å². The van der Waals surface area contributed by atoms with Crippen molar-refractivity contribution in [3.05, 3.63) is 58.1 Å². The van der Waals surface area contributed by atoms with E-state index in [9.17, 15) is 4.79 Å². The van der Waals surface area contributed by atoms with Crippen LogP contribution in [0.25, 0.3) is 0 Å². The van der Waals surface area contributed by atoms with Crippen molar-refractivity contribution in [1.29, 1.82) is 0 Å². The molecule has 0 aliphatic carbocycles. The molecule has 0 saturated carbocycles. The zero-order chi connectivity index (χ0) is 13.8. The molecule has 1 N–H and O–H groups in total. The Labute approximate surface area is 113 Å². The van der Waals surface area contributed by atoms with Crippen molar-refractivity contribution in [2.24, 2.45) is 0 Å². The molecule has 1 aromatic carbocycles. The first-order valence-corrected chi connectivity index (χ1v) is 6.51. The second-order valence-corrected chi connectivity index (χ2v) is 4.59. The molecule has 0 fully saturated rings.